The Kier molecular flexibility index (Phi) is 4.04. The molecule has 0 fully saturated rings. The predicted molar refractivity (Wildman–Crippen MR) is 68.1 cm³/mol. The number of rotatable bonds is 5. The van der Waals surface area contributed by atoms with Crippen molar-refractivity contribution < 1.29 is 14.3 Å². The first-order valence-corrected chi connectivity index (χ1v) is 6.45. The maximum absolute atomic E-state index is 13.1. The van der Waals surface area contributed by atoms with E-state index in [1.54, 1.807) is 12.1 Å². The van der Waals surface area contributed by atoms with Crippen molar-refractivity contribution in [1.82, 2.24) is 4.98 Å². The summed E-state index contributed by atoms with van der Waals surface area (Å²) in [7, 11) is 0. The van der Waals surface area contributed by atoms with Gasteiger partial charge in [-0.25, -0.2) is 9.37 Å². The zero-order valence-electron chi connectivity index (χ0n) is 9.60. The van der Waals surface area contributed by atoms with E-state index in [9.17, 15) is 9.18 Å². The van der Waals surface area contributed by atoms with Crippen molar-refractivity contribution in [2.24, 2.45) is 0 Å². The minimum Gasteiger partial charge on any atom is -0.481 e. The van der Waals surface area contributed by atoms with Gasteiger partial charge >= 0.3 is 5.97 Å². The summed E-state index contributed by atoms with van der Waals surface area (Å²) in [4.78, 5) is 14.8. The second-order valence-electron chi connectivity index (χ2n) is 3.88. The molecule has 1 aromatic carbocycles. The largest absolute Gasteiger partial charge is 0.481 e. The predicted octanol–water partition coefficient (Wildman–Crippen LogP) is 3.36. The van der Waals surface area contributed by atoms with Gasteiger partial charge in [-0.15, -0.1) is 11.3 Å². The van der Waals surface area contributed by atoms with Gasteiger partial charge in [0.1, 0.15) is 5.82 Å². The fourth-order valence-electron chi connectivity index (χ4n) is 1.60. The first-order valence-electron chi connectivity index (χ1n) is 5.57. The van der Waals surface area contributed by atoms with Crippen LogP contribution in [0, 0.1) is 5.82 Å². The van der Waals surface area contributed by atoms with Gasteiger partial charge < -0.3 is 5.11 Å². The van der Waals surface area contributed by atoms with Crippen LogP contribution in [0.25, 0.3) is 11.3 Å². The van der Waals surface area contributed by atoms with E-state index in [0.717, 1.165) is 16.3 Å². The molecule has 2 aromatic rings. The highest BCUT2D eigenvalue weighted by Crippen LogP contribution is 2.23. The van der Waals surface area contributed by atoms with E-state index in [-0.39, 0.29) is 12.2 Å². The molecule has 0 bridgehead atoms. The van der Waals surface area contributed by atoms with Crippen molar-refractivity contribution in [3.8, 4) is 11.3 Å². The molecule has 1 aromatic heterocycles. The second-order valence-corrected chi connectivity index (χ2v) is 4.83. The van der Waals surface area contributed by atoms with E-state index in [4.69, 9.17) is 5.11 Å². The minimum atomic E-state index is -0.795. The van der Waals surface area contributed by atoms with Crippen molar-refractivity contribution in [1.29, 1.82) is 0 Å². The molecule has 0 unspecified atom stereocenters. The Morgan fingerprint density at radius 2 is 2.28 bits per heavy atom. The van der Waals surface area contributed by atoms with Crippen LogP contribution < -0.4 is 0 Å². The van der Waals surface area contributed by atoms with Crippen LogP contribution in [0.5, 0.6) is 0 Å². The molecule has 1 heterocycles. The Morgan fingerprint density at radius 1 is 1.44 bits per heavy atom. The summed E-state index contributed by atoms with van der Waals surface area (Å²) in [6, 6.07) is 6.28. The average molecular weight is 265 g/mol. The van der Waals surface area contributed by atoms with Crippen LogP contribution in [0.1, 0.15) is 17.8 Å². The Hall–Kier alpha value is -1.75. The fourth-order valence-corrected chi connectivity index (χ4v) is 2.45. The zero-order chi connectivity index (χ0) is 13.0. The third-order valence-electron chi connectivity index (χ3n) is 2.45. The number of carbonyl (C=O) groups is 1. The zero-order valence-corrected chi connectivity index (χ0v) is 10.4. The van der Waals surface area contributed by atoms with Crippen LogP contribution in [0.3, 0.4) is 0 Å². The quantitative estimate of drug-likeness (QED) is 0.901. The Balaban J connectivity index is 2.04. The van der Waals surface area contributed by atoms with Gasteiger partial charge in [-0.1, -0.05) is 12.1 Å². The van der Waals surface area contributed by atoms with Crippen LogP contribution >= 0.6 is 11.3 Å². The van der Waals surface area contributed by atoms with Crippen molar-refractivity contribution in [3.05, 3.63) is 40.5 Å². The number of aromatic nitrogens is 1. The highest BCUT2D eigenvalue weighted by Gasteiger charge is 2.06. The van der Waals surface area contributed by atoms with E-state index in [1.807, 2.05) is 5.38 Å². The molecular weight excluding hydrogens is 253 g/mol. The van der Waals surface area contributed by atoms with E-state index in [0.29, 0.717) is 12.8 Å². The molecule has 0 atom stereocenters. The van der Waals surface area contributed by atoms with Crippen molar-refractivity contribution in [3.63, 3.8) is 0 Å². The Morgan fingerprint density at radius 3 is 3.00 bits per heavy atom. The van der Waals surface area contributed by atoms with Gasteiger partial charge in [-0.3, -0.25) is 4.79 Å². The average Bonchev–Trinajstić information content (AvgIpc) is 2.77. The van der Waals surface area contributed by atoms with Gasteiger partial charge in [0.25, 0.3) is 0 Å². The number of carboxylic acids is 1. The molecule has 2 rings (SSSR count). The number of hydrogen-bond acceptors (Lipinski definition) is 3. The molecule has 5 heteroatoms. The van der Waals surface area contributed by atoms with E-state index in [2.05, 4.69) is 4.98 Å². The fraction of sp³-hybridized carbons (Fsp3) is 0.231. The molecule has 0 aliphatic heterocycles. The molecule has 1 N–H and O–H groups in total. The van der Waals surface area contributed by atoms with Crippen LogP contribution in [0.4, 0.5) is 4.39 Å². The summed E-state index contributed by atoms with van der Waals surface area (Å²) in [6.07, 6.45) is 1.37. The molecule has 3 nitrogen and oxygen atoms in total. The number of benzene rings is 1. The first kappa shape index (κ1) is 12.7. The van der Waals surface area contributed by atoms with Crippen LogP contribution in [-0.4, -0.2) is 16.1 Å². The Bertz CT molecular complexity index is 553. The number of hydrogen-bond donors (Lipinski definition) is 1. The van der Waals surface area contributed by atoms with Crippen LogP contribution in [0.15, 0.2) is 29.6 Å². The lowest BCUT2D eigenvalue weighted by Gasteiger charge is -1.96. The number of nitrogens with zero attached hydrogens (tertiary/aromatic N) is 1. The maximum Gasteiger partial charge on any atom is 0.303 e. The van der Waals surface area contributed by atoms with Crippen molar-refractivity contribution in [2.45, 2.75) is 19.3 Å². The van der Waals surface area contributed by atoms with Crippen LogP contribution in [-0.2, 0) is 11.2 Å². The molecule has 0 amide bonds. The first-order chi connectivity index (χ1) is 8.65. The maximum atomic E-state index is 13.1. The highest BCUT2D eigenvalue weighted by atomic mass is 32.1. The topological polar surface area (TPSA) is 50.2 Å². The number of aliphatic carboxylic acids is 1. The molecule has 0 aliphatic carbocycles. The molecule has 0 saturated carbocycles. The molecule has 0 radical (unpaired) electrons. The molecule has 0 aliphatic rings. The number of halogens is 1. The minimum absolute atomic E-state index is 0.148. The van der Waals surface area contributed by atoms with Gasteiger partial charge in [0, 0.05) is 17.4 Å². The van der Waals surface area contributed by atoms with Crippen molar-refractivity contribution in [2.75, 3.05) is 0 Å². The smallest absolute Gasteiger partial charge is 0.303 e. The lowest BCUT2D eigenvalue weighted by atomic mass is 10.2. The molecule has 0 saturated heterocycles. The van der Waals surface area contributed by atoms with Gasteiger partial charge in [0.15, 0.2) is 0 Å². The summed E-state index contributed by atoms with van der Waals surface area (Å²) in [5.41, 5.74) is 1.49. The molecule has 94 valence electrons. The number of carboxylic acid groups (broad SMARTS) is 1. The highest BCUT2D eigenvalue weighted by molar-refractivity contribution is 7.09. The molecule has 18 heavy (non-hydrogen) atoms. The van der Waals surface area contributed by atoms with Crippen molar-refractivity contribution >= 4 is 17.3 Å². The van der Waals surface area contributed by atoms with Crippen LogP contribution in [0.2, 0.25) is 0 Å². The third-order valence-corrected chi connectivity index (χ3v) is 3.36. The van der Waals surface area contributed by atoms with Gasteiger partial charge in [0.2, 0.25) is 0 Å². The third kappa shape index (κ3) is 3.37. The standard InChI is InChI=1S/C13H12FNO2S/c14-10-4-1-3-9(7-10)11-8-18-12(15-11)5-2-6-13(16)17/h1,3-4,7-8H,2,5-6H2,(H,16,17). The molecular formula is C13H12FNO2S. The van der Waals surface area contributed by atoms with E-state index < -0.39 is 5.97 Å². The summed E-state index contributed by atoms with van der Waals surface area (Å²) in [6.45, 7) is 0. The summed E-state index contributed by atoms with van der Waals surface area (Å²) in [5, 5.41) is 11.3. The monoisotopic (exact) mass is 265 g/mol. The lowest BCUT2D eigenvalue weighted by molar-refractivity contribution is -0.137. The number of thiazole rings is 1. The second kappa shape index (κ2) is 5.73. The molecule has 0 spiro atoms. The van der Waals surface area contributed by atoms with E-state index >= 15 is 0 Å². The lowest BCUT2D eigenvalue weighted by Crippen LogP contribution is -1.95. The summed E-state index contributed by atoms with van der Waals surface area (Å²) < 4.78 is 13.1. The van der Waals surface area contributed by atoms with Gasteiger partial charge in [0.05, 0.1) is 10.7 Å². The van der Waals surface area contributed by atoms with Gasteiger partial charge in [-0.05, 0) is 25.0 Å². The SMILES string of the molecule is O=C(O)CCCc1nc(-c2cccc(F)c2)cs1. The van der Waals surface area contributed by atoms with Gasteiger partial charge in [-0.2, -0.15) is 0 Å². The summed E-state index contributed by atoms with van der Waals surface area (Å²) in [5.74, 6) is -1.08. The normalized spacial score (nSPS) is 10.5. The number of aryl methyl sites for hydroxylation is 1. The summed E-state index contributed by atoms with van der Waals surface area (Å²) >= 11 is 1.48. The Labute approximate surface area is 108 Å². The van der Waals surface area contributed by atoms with E-state index in [1.165, 1.54) is 23.5 Å².